The Morgan fingerprint density at radius 2 is 1.93 bits per heavy atom. The number of rotatable bonds is 5. The van der Waals surface area contributed by atoms with E-state index < -0.39 is 35.1 Å². The molecule has 2 unspecified atom stereocenters. The number of hydrogen-bond acceptors (Lipinski definition) is 10. The fourth-order valence-electron chi connectivity index (χ4n) is 6.85. The van der Waals surface area contributed by atoms with Crippen molar-refractivity contribution in [2.24, 2.45) is 17.3 Å². The number of anilines is 1. The minimum atomic E-state index is -1.18. The molecule has 3 N–H and O–H groups in total. The average molecular weight is 622 g/mol. The molecule has 1 amide bonds. The van der Waals surface area contributed by atoms with Crippen LogP contribution in [-0.4, -0.2) is 39.1 Å². The second-order valence-corrected chi connectivity index (χ2v) is 13.8. The number of carbonyl (C=O) groups is 2. The molecule has 3 aliphatic rings. The average Bonchev–Trinajstić information content (AvgIpc) is 3.78. The molecule has 236 valence electrons. The van der Waals surface area contributed by atoms with Gasteiger partial charge < -0.3 is 29.3 Å². The molecule has 0 radical (unpaired) electrons. The lowest BCUT2D eigenvalue weighted by atomic mass is 9.72. The van der Waals surface area contributed by atoms with E-state index in [1.807, 2.05) is 69.3 Å². The number of benzene rings is 2. The third-order valence-corrected chi connectivity index (χ3v) is 9.23. The van der Waals surface area contributed by atoms with Gasteiger partial charge in [0.15, 0.2) is 29.2 Å². The fourth-order valence-corrected chi connectivity index (χ4v) is 6.85. The van der Waals surface area contributed by atoms with Crippen molar-refractivity contribution in [1.82, 2.24) is 15.3 Å². The summed E-state index contributed by atoms with van der Waals surface area (Å²) in [6.45, 7) is 9.42. The van der Waals surface area contributed by atoms with Crippen molar-refractivity contribution in [3.05, 3.63) is 82.8 Å². The number of ether oxygens (including phenoxy) is 1. The van der Waals surface area contributed by atoms with Gasteiger partial charge in [0.2, 0.25) is 17.7 Å². The Labute approximate surface area is 266 Å². The zero-order valence-corrected chi connectivity index (χ0v) is 26.2. The number of ketones is 1. The van der Waals surface area contributed by atoms with Crippen molar-refractivity contribution < 1.29 is 28.3 Å². The molecule has 11 heteroatoms. The summed E-state index contributed by atoms with van der Waals surface area (Å²) in [6, 6.07) is 14.9. The molecular weight excluding hydrogens is 586 g/mol. The Morgan fingerprint density at radius 3 is 2.65 bits per heavy atom. The van der Waals surface area contributed by atoms with Gasteiger partial charge in [0, 0.05) is 23.6 Å². The molecule has 2 aromatic carbocycles. The first-order valence-electron chi connectivity index (χ1n) is 15.5. The largest absolute Gasteiger partial charge is 0.469 e. The maximum absolute atomic E-state index is 14.1. The summed E-state index contributed by atoms with van der Waals surface area (Å²) in [4.78, 5) is 36.6. The molecule has 46 heavy (non-hydrogen) atoms. The van der Waals surface area contributed by atoms with E-state index in [9.17, 15) is 20.0 Å². The van der Waals surface area contributed by atoms with Gasteiger partial charge in [-0.1, -0.05) is 65.0 Å². The maximum atomic E-state index is 14.1. The van der Waals surface area contributed by atoms with E-state index >= 15 is 0 Å². The Hall–Kier alpha value is -4.95. The summed E-state index contributed by atoms with van der Waals surface area (Å²) in [5.74, 6) is -0.446. The highest BCUT2D eigenvalue weighted by molar-refractivity contribution is 5.89. The van der Waals surface area contributed by atoms with Crippen molar-refractivity contribution in [2.45, 2.75) is 71.2 Å². The van der Waals surface area contributed by atoms with Gasteiger partial charge in [-0.05, 0) is 41.0 Å². The van der Waals surface area contributed by atoms with E-state index in [-0.39, 0.29) is 53.6 Å². The lowest BCUT2D eigenvalue weighted by molar-refractivity contribution is -0.135. The number of oxazole rings is 2. The first kappa shape index (κ1) is 29.7. The van der Waals surface area contributed by atoms with Gasteiger partial charge in [0.05, 0.1) is 0 Å². The monoisotopic (exact) mass is 621 g/mol. The normalized spacial score (nSPS) is 23.6. The molecule has 7 rings (SSSR count). The van der Waals surface area contributed by atoms with E-state index in [0.717, 1.165) is 22.4 Å². The zero-order chi connectivity index (χ0) is 32.5. The van der Waals surface area contributed by atoms with Crippen molar-refractivity contribution in [3.8, 4) is 23.4 Å². The Balaban J connectivity index is 1.50. The van der Waals surface area contributed by atoms with E-state index in [4.69, 9.17) is 18.6 Å². The van der Waals surface area contributed by atoms with Crippen LogP contribution in [0.1, 0.15) is 81.1 Å². The molecule has 3 aliphatic heterocycles. The summed E-state index contributed by atoms with van der Waals surface area (Å²) in [6.07, 6.45) is -0.410. The van der Waals surface area contributed by atoms with Crippen LogP contribution in [0.2, 0.25) is 0 Å². The molecule has 1 spiro atoms. The number of aliphatic hydroxyl groups excluding tert-OH is 1. The lowest BCUT2D eigenvalue weighted by Gasteiger charge is -2.32. The number of hydrogen-bond donors (Lipinski definition) is 3. The molecule has 0 aliphatic carbocycles. The van der Waals surface area contributed by atoms with Crippen LogP contribution < -0.4 is 15.4 Å². The highest BCUT2D eigenvalue weighted by Gasteiger charge is 2.61. The van der Waals surface area contributed by atoms with Crippen LogP contribution in [0.3, 0.4) is 0 Å². The summed E-state index contributed by atoms with van der Waals surface area (Å²) >= 11 is 0. The molecule has 4 bridgehead atoms. The number of Topliss-reactive ketones (excluding diaryl/α,β-unsaturated/α-hetero) is 1. The van der Waals surface area contributed by atoms with Gasteiger partial charge in [0.25, 0.3) is 0 Å². The Bertz CT molecular complexity index is 1910. The summed E-state index contributed by atoms with van der Waals surface area (Å²) in [5, 5.41) is 26.8. The number of carbonyl (C=O) groups excluding carboxylic acids is 2. The smallest absolute Gasteiger partial charge is 0.250 e. The van der Waals surface area contributed by atoms with Crippen LogP contribution >= 0.6 is 0 Å². The number of aromatic nitrogens is 2. The van der Waals surface area contributed by atoms with Gasteiger partial charge in [-0.15, -0.1) is 0 Å². The fraction of sp³-hybridized carbons (Fsp3) is 0.400. The van der Waals surface area contributed by atoms with Gasteiger partial charge >= 0.3 is 0 Å². The molecule has 0 saturated carbocycles. The van der Waals surface area contributed by atoms with Crippen molar-refractivity contribution in [1.29, 1.82) is 5.26 Å². The van der Waals surface area contributed by atoms with E-state index in [1.165, 1.54) is 6.26 Å². The maximum Gasteiger partial charge on any atom is 0.250 e. The van der Waals surface area contributed by atoms with E-state index in [0.29, 0.717) is 11.5 Å². The SMILES string of the molecule is CC(C)[C@H](O)C(=O)CC1Cc2ccc3c(c2)C2(c4ccccc4N[C@H]2O3)c2oc(nc2-c2nc(C#N)co2)[C@H](C(C)(C)C)NC1=O. The highest BCUT2D eigenvalue weighted by Crippen LogP contribution is 2.59. The molecule has 0 saturated heterocycles. The van der Waals surface area contributed by atoms with Crippen LogP contribution in [-0.2, 0) is 21.4 Å². The quantitative estimate of drug-likeness (QED) is 0.275. The topological polar surface area (TPSA) is 164 Å². The second-order valence-electron chi connectivity index (χ2n) is 13.8. The van der Waals surface area contributed by atoms with Gasteiger partial charge in [-0.25, -0.2) is 4.98 Å². The third kappa shape index (κ3) is 4.50. The zero-order valence-electron chi connectivity index (χ0n) is 26.2. The minimum absolute atomic E-state index is 0.0875. The number of fused-ring (bicyclic) bond motifs is 4. The number of nitrogens with zero attached hydrogens (tertiary/aromatic N) is 3. The molecule has 0 fully saturated rings. The number of nitriles is 1. The van der Waals surface area contributed by atoms with Crippen LogP contribution in [0, 0.1) is 28.6 Å². The number of amides is 1. The predicted octanol–water partition coefficient (Wildman–Crippen LogP) is 5.03. The van der Waals surface area contributed by atoms with E-state index in [1.54, 1.807) is 13.8 Å². The van der Waals surface area contributed by atoms with Crippen molar-refractivity contribution >= 4 is 17.4 Å². The standard InChI is InChI=1S/C35H35N5O6/c1-17(2)27(42)24(41)14-19-12-18-10-11-25-22(13-18)35(21-8-6-7-9-23(21)38-33(35)45-25)29-26(31-37-20(15-36)16-44-31)39-32(46-29)28(34(3,4)5)40-30(19)43/h6-11,13,16-17,19,27-28,33,38,42H,12,14H2,1-5H3,(H,40,43)/t19?,27-,28+,33-,35?/m0/s1. The molecule has 5 heterocycles. The van der Waals surface area contributed by atoms with Crippen molar-refractivity contribution in [2.75, 3.05) is 5.32 Å². The van der Waals surface area contributed by atoms with E-state index in [2.05, 4.69) is 15.6 Å². The number of aliphatic hydroxyl groups is 1. The molecule has 5 atom stereocenters. The molecule has 4 aromatic rings. The Morgan fingerprint density at radius 1 is 1.15 bits per heavy atom. The summed E-state index contributed by atoms with van der Waals surface area (Å²) in [7, 11) is 0. The molecular formula is C35H35N5O6. The number of para-hydroxylation sites is 1. The third-order valence-electron chi connectivity index (χ3n) is 9.23. The lowest BCUT2D eigenvalue weighted by Crippen LogP contribution is -2.42. The summed E-state index contributed by atoms with van der Waals surface area (Å²) in [5.41, 5.74) is 2.10. The predicted molar refractivity (Wildman–Crippen MR) is 166 cm³/mol. The Kier molecular flexibility index (Phi) is 6.83. The van der Waals surface area contributed by atoms with Gasteiger partial charge in [-0.3, -0.25) is 9.59 Å². The summed E-state index contributed by atoms with van der Waals surface area (Å²) < 4.78 is 19.2. The number of nitrogens with one attached hydrogen (secondary N) is 2. The van der Waals surface area contributed by atoms with Gasteiger partial charge in [0.1, 0.15) is 35.6 Å². The molecule has 2 aromatic heterocycles. The minimum Gasteiger partial charge on any atom is -0.469 e. The first-order valence-corrected chi connectivity index (χ1v) is 15.5. The first-order chi connectivity index (χ1) is 21.9. The van der Waals surface area contributed by atoms with Crippen LogP contribution in [0.25, 0.3) is 11.6 Å². The second kappa shape index (κ2) is 10.6. The van der Waals surface area contributed by atoms with Gasteiger partial charge in [-0.2, -0.15) is 10.2 Å². The van der Waals surface area contributed by atoms with Crippen LogP contribution in [0.15, 0.2) is 57.6 Å². The van der Waals surface area contributed by atoms with Crippen molar-refractivity contribution in [3.63, 3.8) is 0 Å². The van der Waals surface area contributed by atoms with Crippen LogP contribution in [0.4, 0.5) is 5.69 Å². The van der Waals surface area contributed by atoms with Crippen LogP contribution in [0.5, 0.6) is 5.75 Å². The highest BCUT2D eigenvalue weighted by atomic mass is 16.5. The molecule has 11 nitrogen and oxygen atoms in total.